The van der Waals surface area contributed by atoms with Crippen LogP contribution in [0.3, 0.4) is 0 Å². The standard InChI is InChI=1S/C22H16ClNO3S/c1-15-7-10-18(11-8-15)28(26,27)24-20-14-17(23)9-12-19(20)22(25)21(24)13-16-5-3-2-4-6-16/h2-14H,1H3/b21-13-. The molecule has 140 valence electrons. The van der Waals surface area contributed by atoms with Crippen LogP contribution in [0.5, 0.6) is 0 Å². The maximum Gasteiger partial charge on any atom is 0.268 e. The molecule has 0 bridgehead atoms. The number of ketones is 1. The number of carbonyl (C=O) groups excluding carboxylic acids is 1. The van der Waals surface area contributed by atoms with E-state index < -0.39 is 10.0 Å². The summed E-state index contributed by atoms with van der Waals surface area (Å²) in [6, 6.07) is 20.3. The molecule has 1 aliphatic rings. The molecule has 1 aliphatic heterocycles. The predicted octanol–water partition coefficient (Wildman–Crippen LogP) is 5.08. The van der Waals surface area contributed by atoms with Gasteiger partial charge in [0.1, 0.15) is 5.70 Å². The summed E-state index contributed by atoms with van der Waals surface area (Å²) in [5.74, 6) is -0.355. The van der Waals surface area contributed by atoms with Crippen LogP contribution in [0.4, 0.5) is 5.69 Å². The summed E-state index contributed by atoms with van der Waals surface area (Å²) >= 11 is 6.11. The first-order valence-electron chi connectivity index (χ1n) is 8.61. The van der Waals surface area contributed by atoms with Crippen LogP contribution in [0.1, 0.15) is 21.5 Å². The third-order valence-electron chi connectivity index (χ3n) is 4.54. The number of aryl methyl sites for hydroxylation is 1. The number of Topliss-reactive ketones (excluding diaryl/α,β-unsaturated/α-hetero) is 1. The highest BCUT2D eigenvalue weighted by Gasteiger charge is 2.40. The van der Waals surface area contributed by atoms with Crippen LogP contribution in [0.15, 0.2) is 83.4 Å². The van der Waals surface area contributed by atoms with Gasteiger partial charge in [-0.2, -0.15) is 0 Å². The van der Waals surface area contributed by atoms with Crippen molar-refractivity contribution in [2.75, 3.05) is 4.31 Å². The second kappa shape index (κ2) is 6.93. The summed E-state index contributed by atoms with van der Waals surface area (Å²) in [4.78, 5) is 13.1. The first kappa shape index (κ1) is 18.5. The van der Waals surface area contributed by atoms with Gasteiger partial charge in [0, 0.05) is 10.6 Å². The first-order chi connectivity index (χ1) is 13.4. The van der Waals surface area contributed by atoms with Crippen LogP contribution in [-0.2, 0) is 10.0 Å². The van der Waals surface area contributed by atoms with Crippen molar-refractivity contribution in [2.45, 2.75) is 11.8 Å². The Labute approximate surface area is 168 Å². The van der Waals surface area contributed by atoms with Crippen molar-refractivity contribution < 1.29 is 13.2 Å². The summed E-state index contributed by atoms with van der Waals surface area (Å²) in [7, 11) is -4.00. The quantitative estimate of drug-likeness (QED) is 0.567. The summed E-state index contributed by atoms with van der Waals surface area (Å²) in [6.07, 6.45) is 1.59. The molecular formula is C22H16ClNO3S. The van der Waals surface area contributed by atoms with E-state index in [1.54, 1.807) is 30.3 Å². The molecule has 0 atom stereocenters. The fourth-order valence-electron chi connectivity index (χ4n) is 3.13. The topological polar surface area (TPSA) is 54.5 Å². The highest BCUT2D eigenvalue weighted by molar-refractivity contribution is 7.93. The monoisotopic (exact) mass is 409 g/mol. The first-order valence-corrected chi connectivity index (χ1v) is 10.4. The minimum atomic E-state index is -4.00. The van der Waals surface area contributed by atoms with Crippen molar-refractivity contribution in [1.29, 1.82) is 0 Å². The number of hydrogen-bond acceptors (Lipinski definition) is 3. The van der Waals surface area contributed by atoms with Crippen molar-refractivity contribution in [1.82, 2.24) is 0 Å². The van der Waals surface area contributed by atoms with E-state index in [1.807, 2.05) is 37.3 Å². The molecule has 1 heterocycles. The Kier molecular flexibility index (Phi) is 4.57. The number of rotatable bonds is 3. The molecule has 0 saturated carbocycles. The Balaban J connectivity index is 1.95. The number of fused-ring (bicyclic) bond motifs is 1. The Bertz CT molecular complexity index is 1200. The van der Waals surface area contributed by atoms with Crippen LogP contribution in [0.25, 0.3) is 6.08 Å². The summed E-state index contributed by atoms with van der Waals surface area (Å²) < 4.78 is 28.0. The molecule has 0 radical (unpaired) electrons. The van der Waals surface area contributed by atoms with Crippen molar-refractivity contribution in [3.8, 4) is 0 Å². The molecule has 28 heavy (non-hydrogen) atoms. The molecule has 3 aromatic carbocycles. The highest BCUT2D eigenvalue weighted by Crippen LogP contribution is 2.41. The molecule has 3 aromatic rings. The molecule has 0 N–H and O–H groups in total. The number of carbonyl (C=O) groups is 1. The number of nitrogens with zero attached hydrogens (tertiary/aromatic N) is 1. The maximum absolute atomic E-state index is 13.5. The lowest BCUT2D eigenvalue weighted by molar-refractivity contribution is 0.104. The van der Waals surface area contributed by atoms with E-state index in [4.69, 9.17) is 11.6 Å². The number of halogens is 1. The molecule has 0 amide bonds. The smallest absolute Gasteiger partial charge is 0.268 e. The third-order valence-corrected chi connectivity index (χ3v) is 6.51. The van der Waals surface area contributed by atoms with E-state index in [0.717, 1.165) is 15.4 Å². The van der Waals surface area contributed by atoms with E-state index in [9.17, 15) is 13.2 Å². The van der Waals surface area contributed by atoms with E-state index in [1.165, 1.54) is 18.2 Å². The average molecular weight is 410 g/mol. The van der Waals surface area contributed by atoms with Gasteiger partial charge >= 0.3 is 0 Å². The Hall–Kier alpha value is -2.89. The normalized spacial score (nSPS) is 15.1. The Morgan fingerprint density at radius 1 is 0.929 bits per heavy atom. The molecule has 0 spiro atoms. The van der Waals surface area contributed by atoms with E-state index in [2.05, 4.69) is 0 Å². The molecule has 0 aliphatic carbocycles. The summed E-state index contributed by atoms with van der Waals surface area (Å²) in [5.41, 5.74) is 2.32. The van der Waals surface area contributed by atoms with Gasteiger partial charge in [-0.3, -0.25) is 4.79 Å². The lowest BCUT2D eigenvalue weighted by Gasteiger charge is -2.21. The number of allylic oxidation sites excluding steroid dienone is 1. The molecule has 4 nitrogen and oxygen atoms in total. The van der Waals surface area contributed by atoms with E-state index in [0.29, 0.717) is 10.6 Å². The lowest BCUT2D eigenvalue weighted by Crippen LogP contribution is -2.28. The van der Waals surface area contributed by atoms with Crippen molar-refractivity contribution in [3.05, 3.63) is 100 Å². The highest BCUT2D eigenvalue weighted by atomic mass is 35.5. The Morgan fingerprint density at radius 3 is 2.29 bits per heavy atom. The second-order valence-electron chi connectivity index (χ2n) is 6.51. The molecular weight excluding hydrogens is 394 g/mol. The SMILES string of the molecule is Cc1ccc(S(=O)(=O)N2/C(=C\c3ccccc3)C(=O)c3ccc(Cl)cc32)cc1. The summed E-state index contributed by atoms with van der Waals surface area (Å²) in [6.45, 7) is 1.88. The number of benzene rings is 3. The van der Waals surface area contributed by atoms with Gasteiger partial charge in [0.2, 0.25) is 5.78 Å². The summed E-state index contributed by atoms with van der Waals surface area (Å²) in [5, 5.41) is 0.358. The van der Waals surface area contributed by atoms with Gasteiger partial charge in [-0.05, 0) is 48.9 Å². The zero-order chi connectivity index (χ0) is 19.9. The number of anilines is 1. The largest absolute Gasteiger partial charge is 0.287 e. The van der Waals surface area contributed by atoms with E-state index >= 15 is 0 Å². The van der Waals surface area contributed by atoms with Gasteiger partial charge < -0.3 is 0 Å². The molecule has 0 saturated heterocycles. The van der Waals surface area contributed by atoms with Crippen molar-refractivity contribution >= 4 is 39.2 Å². The predicted molar refractivity (Wildman–Crippen MR) is 111 cm³/mol. The van der Waals surface area contributed by atoms with Crippen LogP contribution < -0.4 is 4.31 Å². The average Bonchev–Trinajstić information content (AvgIpc) is 2.94. The molecule has 6 heteroatoms. The molecule has 4 rings (SSSR count). The van der Waals surface area contributed by atoms with Gasteiger partial charge in [-0.25, -0.2) is 12.7 Å². The molecule has 0 fully saturated rings. The van der Waals surface area contributed by atoms with Crippen LogP contribution >= 0.6 is 11.6 Å². The fraction of sp³-hybridized carbons (Fsp3) is 0.0455. The van der Waals surface area contributed by atoms with Gasteiger partial charge in [0.05, 0.1) is 10.6 Å². The van der Waals surface area contributed by atoms with E-state index in [-0.39, 0.29) is 22.1 Å². The zero-order valence-corrected chi connectivity index (χ0v) is 16.5. The van der Waals surface area contributed by atoms with Crippen LogP contribution in [0, 0.1) is 6.92 Å². The fourth-order valence-corrected chi connectivity index (χ4v) is 4.79. The zero-order valence-electron chi connectivity index (χ0n) is 15.0. The molecule has 0 unspecified atom stereocenters. The van der Waals surface area contributed by atoms with Gasteiger partial charge in [0.25, 0.3) is 10.0 Å². The second-order valence-corrected chi connectivity index (χ2v) is 8.74. The van der Waals surface area contributed by atoms with Crippen molar-refractivity contribution in [2.24, 2.45) is 0 Å². The van der Waals surface area contributed by atoms with Crippen LogP contribution in [0.2, 0.25) is 5.02 Å². The Morgan fingerprint density at radius 2 is 1.61 bits per heavy atom. The van der Waals surface area contributed by atoms with Crippen molar-refractivity contribution in [3.63, 3.8) is 0 Å². The van der Waals surface area contributed by atoms with Gasteiger partial charge in [-0.15, -0.1) is 0 Å². The number of hydrogen-bond donors (Lipinski definition) is 0. The van der Waals surface area contributed by atoms with Crippen LogP contribution in [-0.4, -0.2) is 14.2 Å². The lowest BCUT2D eigenvalue weighted by atomic mass is 10.1. The van der Waals surface area contributed by atoms with Gasteiger partial charge in [0.15, 0.2) is 0 Å². The minimum Gasteiger partial charge on any atom is -0.287 e. The number of sulfonamides is 1. The third kappa shape index (κ3) is 3.13. The molecule has 0 aromatic heterocycles. The minimum absolute atomic E-state index is 0.0732. The van der Waals surface area contributed by atoms with Gasteiger partial charge in [-0.1, -0.05) is 59.6 Å². The maximum atomic E-state index is 13.5.